The molecule has 2 unspecified atom stereocenters. The van der Waals surface area contributed by atoms with Gasteiger partial charge in [0.05, 0.1) is 6.04 Å². The number of carbonyl (C=O) groups is 2. The Morgan fingerprint density at radius 2 is 1.85 bits per heavy atom. The number of amides is 2. The van der Waals surface area contributed by atoms with Gasteiger partial charge in [-0.05, 0) is 74.3 Å². The molecule has 3 rings (SSSR count). The second kappa shape index (κ2) is 11.5. The van der Waals surface area contributed by atoms with Crippen molar-refractivity contribution < 1.29 is 18.7 Å². The molecule has 1 heterocycles. The smallest absolute Gasteiger partial charge is 0.260 e. The molecule has 0 aromatic heterocycles. The summed E-state index contributed by atoms with van der Waals surface area (Å²) < 4.78 is 19.6. The summed E-state index contributed by atoms with van der Waals surface area (Å²) in [5, 5.41) is 2.88. The zero-order valence-electron chi connectivity index (χ0n) is 20.8. The van der Waals surface area contributed by atoms with E-state index >= 15 is 0 Å². The topological polar surface area (TPSA) is 61.9 Å². The second-order valence-electron chi connectivity index (χ2n) is 9.60. The summed E-state index contributed by atoms with van der Waals surface area (Å²) in [6.45, 7) is 7.67. The van der Waals surface area contributed by atoms with Crippen LogP contribution in [0.5, 0.6) is 5.75 Å². The van der Waals surface area contributed by atoms with Gasteiger partial charge >= 0.3 is 0 Å². The molecule has 6 nitrogen and oxygen atoms in total. The van der Waals surface area contributed by atoms with Crippen LogP contribution in [0.1, 0.15) is 49.9 Å². The third kappa shape index (κ3) is 6.56. The van der Waals surface area contributed by atoms with Crippen molar-refractivity contribution in [3.05, 3.63) is 65.0 Å². The van der Waals surface area contributed by atoms with E-state index in [0.29, 0.717) is 25.3 Å². The van der Waals surface area contributed by atoms with Crippen molar-refractivity contribution in [3.63, 3.8) is 0 Å². The minimum atomic E-state index is -0.660. The number of nitrogens with one attached hydrogen (secondary N) is 1. The lowest BCUT2D eigenvalue weighted by molar-refractivity contribution is -0.134. The predicted molar refractivity (Wildman–Crippen MR) is 131 cm³/mol. The van der Waals surface area contributed by atoms with Crippen LogP contribution in [-0.2, 0) is 16.0 Å². The molecule has 0 bridgehead atoms. The molecule has 0 saturated carbocycles. The van der Waals surface area contributed by atoms with Crippen LogP contribution in [-0.4, -0.2) is 61.4 Å². The highest BCUT2D eigenvalue weighted by atomic mass is 19.1. The lowest BCUT2D eigenvalue weighted by atomic mass is 9.87. The van der Waals surface area contributed by atoms with E-state index in [0.717, 1.165) is 29.7 Å². The molecular formula is C27H36FN3O3. The number of halogens is 1. The zero-order valence-corrected chi connectivity index (χ0v) is 20.8. The van der Waals surface area contributed by atoms with Crippen molar-refractivity contribution in [2.24, 2.45) is 5.92 Å². The molecule has 7 heteroatoms. The first-order valence-corrected chi connectivity index (χ1v) is 11.9. The van der Waals surface area contributed by atoms with Crippen LogP contribution in [0, 0.1) is 11.7 Å². The summed E-state index contributed by atoms with van der Waals surface area (Å²) in [6, 6.07) is 11.8. The van der Waals surface area contributed by atoms with Crippen molar-refractivity contribution >= 4 is 11.8 Å². The summed E-state index contributed by atoms with van der Waals surface area (Å²) in [4.78, 5) is 29.5. The van der Waals surface area contributed by atoms with Crippen molar-refractivity contribution in [1.29, 1.82) is 0 Å². The number of rotatable bonds is 9. The lowest BCUT2D eigenvalue weighted by Gasteiger charge is -2.38. The SMILES string of the molecule is CC(C)CC(=O)N1CCc2ccc(OC(C)C(=O)NCCN(C)C)cc2C1c1ccc(F)cc1. The largest absolute Gasteiger partial charge is 0.481 e. The summed E-state index contributed by atoms with van der Waals surface area (Å²) in [5.74, 6) is 0.396. The van der Waals surface area contributed by atoms with Gasteiger partial charge < -0.3 is 19.9 Å². The molecule has 1 N–H and O–H groups in total. The Morgan fingerprint density at radius 3 is 2.50 bits per heavy atom. The molecule has 0 spiro atoms. The summed E-state index contributed by atoms with van der Waals surface area (Å²) in [6.07, 6.45) is 0.525. The van der Waals surface area contributed by atoms with Crippen LogP contribution in [0.3, 0.4) is 0 Å². The van der Waals surface area contributed by atoms with E-state index in [9.17, 15) is 14.0 Å². The highest BCUT2D eigenvalue weighted by Gasteiger charge is 2.32. The van der Waals surface area contributed by atoms with Crippen molar-refractivity contribution in [3.8, 4) is 5.75 Å². The van der Waals surface area contributed by atoms with Crippen LogP contribution < -0.4 is 10.1 Å². The van der Waals surface area contributed by atoms with Gasteiger partial charge in [-0.3, -0.25) is 9.59 Å². The minimum absolute atomic E-state index is 0.0786. The van der Waals surface area contributed by atoms with Crippen molar-refractivity contribution in [2.45, 2.75) is 45.8 Å². The van der Waals surface area contributed by atoms with Crippen molar-refractivity contribution in [1.82, 2.24) is 15.1 Å². The predicted octanol–water partition coefficient (Wildman–Crippen LogP) is 3.79. The average molecular weight is 470 g/mol. The quantitative estimate of drug-likeness (QED) is 0.607. The summed E-state index contributed by atoms with van der Waals surface area (Å²) >= 11 is 0. The van der Waals surface area contributed by atoms with E-state index in [4.69, 9.17) is 4.74 Å². The van der Waals surface area contributed by atoms with Gasteiger partial charge in [0.25, 0.3) is 5.91 Å². The number of nitrogens with zero attached hydrogens (tertiary/aromatic N) is 2. The molecule has 0 fully saturated rings. The molecule has 0 radical (unpaired) electrons. The fraction of sp³-hybridized carbons (Fsp3) is 0.481. The molecule has 34 heavy (non-hydrogen) atoms. The Balaban J connectivity index is 1.87. The first-order valence-electron chi connectivity index (χ1n) is 11.9. The molecular weight excluding hydrogens is 433 g/mol. The van der Waals surface area contributed by atoms with Gasteiger partial charge in [0.1, 0.15) is 11.6 Å². The normalized spacial score (nSPS) is 16.4. The van der Waals surface area contributed by atoms with Gasteiger partial charge in [-0.15, -0.1) is 0 Å². The van der Waals surface area contributed by atoms with Crippen LogP contribution >= 0.6 is 0 Å². The fourth-order valence-corrected chi connectivity index (χ4v) is 4.21. The molecule has 2 amide bonds. The van der Waals surface area contributed by atoms with E-state index < -0.39 is 6.10 Å². The van der Waals surface area contributed by atoms with Gasteiger partial charge in [0.2, 0.25) is 5.91 Å². The van der Waals surface area contributed by atoms with Crippen molar-refractivity contribution in [2.75, 3.05) is 33.7 Å². The molecule has 2 aromatic carbocycles. The Hall–Kier alpha value is -2.93. The average Bonchev–Trinajstić information content (AvgIpc) is 2.78. The molecule has 0 saturated heterocycles. The number of fused-ring (bicyclic) bond motifs is 1. The van der Waals surface area contributed by atoms with Crippen LogP contribution in [0.2, 0.25) is 0 Å². The number of ether oxygens (including phenoxy) is 1. The lowest BCUT2D eigenvalue weighted by Crippen LogP contribution is -2.41. The first-order chi connectivity index (χ1) is 16.2. The van der Waals surface area contributed by atoms with E-state index in [2.05, 4.69) is 5.32 Å². The maximum absolute atomic E-state index is 13.7. The maximum Gasteiger partial charge on any atom is 0.260 e. The fourth-order valence-electron chi connectivity index (χ4n) is 4.21. The standard InChI is InChI=1S/C27H36FN3O3/c1-18(2)16-25(32)31-14-12-20-8-11-23(34-19(3)27(33)29-13-15-30(4)5)17-24(20)26(31)21-6-9-22(28)10-7-21/h6-11,17-19,26H,12-16H2,1-5H3,(H,29,33). The maximum atomic E-state index is 13.7. The summed E-state index contributed by atoms with van der Waals surface area (Å²) in [7, 11) is 3.90. The molecule has 1 aliphatic rings. The molecule has 184 valence electrons. The van der Waals surface area contributed by atoms with E-state index in [1.807, 2.05) is 55.9 Å². The van der Waals surface area contributed by atoms with Gasteiger partial charge in [0, 0.05) is 26.1 Å². The molecule has 0 aliphatic carbocycles. The number of benzene rings is 2. The third-order valence-corrected chi connectivity index (χ3v) is 5.97. The highest BCUT2D eigenvalue weighted by molar-refractivity contribution is 5.80. The van der Waals surface area contributed by atoms with Gasteiger partial charge in [-0.25, -0.2) is 4.39 Å². The number of hydrogen-bond donors (Lipinski definition) is 1. The van der Waals surface area contributed by atoms with Gasteiger partial charge in [-0.1, -0.05) is 32.0 Å². The van der Waals surface area contributed by atoms with E-state index in [-0.39, 0.29) is 29.6 Å². The van der Waals surface area contributed by atoms with Crippen LogP contribution in [0.25, 0.3) is 0 Å². The highest BCUT2D eigenvalue weighted by Crippen LogP contribution is 2.38. The van der Waals surface area contributed by atoms with Gasteiger partial charge in [0.15, 0.2) is 6.10 Å². The monoisotopic (exact) mass is 469 g/mol. The Bertz CT molecular complexity index is 991. The summed E-state index contributed by atoms with van der Waals surface area (Å²) in [5.41, 5.74) is 2.93. The first kappa shape index (κ1) is 25.7. The number of hydrogen-bond acceptors (Lipinski definition) is 4. The number of likely N-dealkylation sites (N-methyl/N-ethyl adjacent to an activating group) is 1. The van der Waals surface area contributed by atoms with Crippen LogP contribution in [0.15, 0.2) is 42.5 Å². The Kier molecular flexibility index (Phi) is 8.67. The Morgan fingerprint density at radius 1 is 1.15 bits per heavy atom. The third-order valence-electron chi connectivity index (χ3n) is 5.97. The Labute approximate surface area is 202 Å². The molecule has 1 aliphatic heterocycles. The van der Waals surface area contributed by atoms with Crippen LogP contribution in [0.4, 0.5) is 4.39 Å². The molecule has 2 aromatic rings. The molecule has 2 atom stereocenters. The minimum Gasteiger partial charge on any atom is -0.481 e. The number of carbonyl (C=O) groups excluding carboxylic acids is 2. The van der Waals surface area contributed by atoms with Gasteiger partial charge in [-0.2, -0.15) is 0 Å². The second-order valence-corrected chi connectivity index (χ2v) is 9.60. The zero-order chi connectivity index (χ0) is 24.8. The van der Waals surface area contributed by atoms with E-state index in [1.165, 1.54) is 12.1 Å². The van der Waals surface area contributed by atoms with E-state index in [1.54, 1.807) is 19.1 Å².